The van der Waals surface area contributed by atoms with Gasteiger partial charge in [-0.3, -0.25) is 9.05 Å². The number of aryl methyl sites for hydroxylation is 1. The predicted octanol–water partition coefficient (Wildman–Crippen LogP) is 7.91. The first-order chi connectivity index (χ1) is 19.0. The predicted molar refractivity (Wildman–Crippen MR) is 155 cm³/mol. The normalized spacial score (nSPS) is 21.9. The molecule has 0 aromatic heterocycles. The number of allylic oxidation sites excluding steroid dienone is 3. The average Bonchev–Trinajstić information content (AvgIpc) is 3.37. The Labute approximate surface area is 237 Å². The van der Waals surface area contributed by atoms with Crippen molar-refractivity contribution in [3.63, 3.8) is 0 Å². The van der Waals surface area contributed by atoms with Crippen LogP contribution in [0.2, 0.25) is 0 Å². The molecule has 1 fully saturated rings. The van der Waals surface area contributed by atoms with Gasteiger partial charge in [-0.15, -0.1) is 0 Å². The zero-order valence-electron chi connectivity index (χ0n) is 23.7. The highest BCUT2D eigenvalue weighted by atomic mass is 31.2. The minimum Gasteiger partial charge on any atom is -0.507 e. The summed E-state index contributed by atoms with van der Waals surface area (Å²) >= 11 is 0. The number of esters is 1. The molecule has 1 unspecified atom stereocenters. The zero-order valence-corrected chi connectivity index (χ0v) is 24.6. The van der Waals surface area contributed by atoms with Gasteiger partial charge in [0, 0.05) is 11.5 Å². The summed E-state index contributed by atoms with van der Waals surface area (Å²) < 4.78 is 30.0. The molecule has 0 saturated heterocycles. The number of hydrogen-bond acceptors (Lipinski definition) is 6. The van der Waals surface area contributed by atoms with Crippen LogP contribution in [0.4, 0.5) is 0 Å². The minimum absolute atomic E-state index is 0.0661. The van der Waals surface area contributed by atoms with E-state index in [1.165, 1.54) is 5.57 Å². The maximum atomic E-state index is 13.8. The van der Waals surface area contributed by atoms with E-state index < -0.39 is 19.4 Å². The van der Waals surface area contributed by atoms with Gasteiger partial charge >= 0.3 is 13.8 Å². The van der Waals surface area contributed by atoms with Gasteiger partial charge in [-0.25, -0.2) is 9.36 Å². The quantitative estimate of drug-likeness (QED) is 0.123. The molecule has 40 heavy (non-hydrogen) atoms. The number of hydrogen-bond donors (Lipinski definition) is 2. The lowest BCUT2D eigenvalue weighted by molar-refractivity contribution is -0.153. The van der Waals surface area contributed by atoms with Gasteiger partial charge in [0.15, 0.2) is 5.60 Å². The molecule has 7 nitrogen and oxygen atoms in total. The number of ether oxygens (including phenoxy) is 1. The standard InChI is InChI=1S/C32H41O7P/c1-5-11-25-19-28(33)30(27-18-23(4)14-15-26(27)22(2)3)29(20-25)38-31(34)32(16-9-10-17-32)39-40(35,36)37-21-24-12-7-6-8-13-24/h6-8,12-13,18-20,26-27,33H,2,5,9-11,14-17,21H2,1,3-4H3,(H,35,36)/t26-,27+/m0/s1. The Morgan fingerprint density at radius 1 is 1.15 bits per heavy atom. The lowest BCUT2D eigenvalue weighted by Crippen LogP contribution is -2.41. The Morgan fingerprint density at radius 2 is 1.85 bits per heavy atom. The number of phosphoric ester groups is 1. The van der Waals surface area contributed by atoms with Crippen molar-refractivity contribution in [1.82, 2.24) is 0 Å². The van der Waals surface area contributed by atoms with Crippen LogP contribution >= 0.6 is 7.82 Å². The molecule has 2 aliphatic carbocycles. The fraction of sp³-hybridized carbons (Fsp3) is 0.469. The Morgan fingerprint density at radius 3 is 2.50 bits per heavy atom. The lowest BCUT2D eigenvalue weighted by atomic mass is 9.73. The van der Waals surface area contributed by atoms with E-state index in [-0.39, 0.29) is 42.8 Å². The third kappa shape index (κ3) is 7.13. The number of carbonyl (C=O) groups is 1. The SMILES string of the molecule is C=C(C)[C@@H]1CCC(C)=C[C@H]1c1c(O)cc(CCC)cc1OC(=O)C1(OP(=O)(O)OCc2ccccc2)CCCC1. The summed E-state index contributed by atoms with van der Waals surface area (Å²) in [6, 6.07) is 12.5. The van der Waals surface area contributed by atoms with Gasteiger partial charge in [0.1, 0.15) is 11.5 Å². The van der Waals surface area contributed by atoms with E-state index in [9.17, 15) is 19.4 Å². The van der Waals surface area contributed by atoms with Crippen molar-refractivity contribution in [1.29, 1.82) is 0 Å². The van der Waals surface area contributed by atoms with Crippen LogP contribution in [0, 0.1) is 5.92 Å². The molecule has 8 heteroatoms. The fourth-order valence-electron chi connectivity index (χ4n) is 5.88. The van der Waals surface area contributed by atoms with Gasteiger partial charge in [-0.05, 0) is 88.0 Å². The van der Waals surface area contributed by atoms with Gasteiger partial charge in [-0.1, -0.05) is 67.5 Å². The van der Waals surface area contributed by atoms with E-state index in [4.69, 9.17) is 13.8 Å². The highest BCUT2D eigenvalue weighted by Gasteiger charge is 2.50. The number of aromatic hydroxyl groups is 1. The molecular formula is C32H41O7P. The van der Waals surface area contributed by atoms with Crippen molar-refractivity contribution >= 4 is 13.8 Å². The Bertz CT molecular complexity index is 1290. The van der Waals surface area contributed by atoms with Crippen LogP contribution in [0.3, 0.4) is 0 Å². The highest BCUT2D eigenvalue weighted by Crippen LogP contribution is 2.53. The molecular weight excluding hydrogens is 527 g/mol. The van der Waals surface area contributed by atoms with Crippen molar-refractivity contribution < 1.29 is 33.1 Å². The zero-order chi connectivity index (χ0) is 28.9. The van der Waals surface area contributed by atoms with Crippen LogP contribution in [0.5, 0.6) is 11.5 Å². The van der Waals surface area contributed by atoms with Gasteiger partial charge in [0.25, 0.3) is 0 Å². The number of phenolic OH excluding ortho intramolecular Hbond substituents is 1. The molecule has 0 aliphatic heterocycles. The largest absolute Gasteiger partial charge is 0.507 e. The van der Waals surface area contributed by atoms with E-state index in [0.717, 1.165) is 30.4 Å². The van der Waals surface area contributed by atoms with Crippen LogP contribution < -0.4 is 4.74 Å². The first kappa shape index (κ1) is 30.3. The van der Waals surface area contributed by atoms with Crippen molar-refractivity contribution in [2.45, 2.75) is 90.3 Å². The molecule has 216 valence electrons. The number of phenols is 1. The summed E-state index contributed by atoms with van der Waals surface area (Å²) in [5, 5.41) is 11.3. The van der Waals surface area contributed by atoms with Crippen molar-refractivity contribution in [2.24, 2.45) is 5.92 Å². The minimum atomic E-state index is -4.60. The molecule has 2 aromatic rings. The third-order valence-electron chi connectivity index (χ3n) is 7.95. The van der Waals surface area contributed by atoms with Crippen LogP contribution in [0.15, 0.2) is 66.3 Å². The van der Waals surface area contributed by atoms with Crippen LogP contribution in [-0.2, 0) is 31.4 Å². The fourth-order valence-corrected chi connectivity index (χ4v) is 6.94. The monoisotopic (exact) mass is 568 g/mol. The molecule has 0 bridgehead atoms. The summed E-state index contributed by atoms with van der Waals surface area (Å²) in [6.45, 7) is 10.1. The van der Waals surface area contributed by atoms with Crippen LogP contribution in [0.25, 0.3) is 0 Å². The topological polar surface area (TPSA) is 102 Å². The smallest absolute Gasteiger partial charge is 0.473 e. The van der Waals surface area contributed by atoms with Crippen molar-refractivity contribution in [3.8, 4) is 11.5 Å². The summed E-state index contributed by atoms with van der Waals surface area (Å²) in [5.41, 5.74) is 2.65. The van der Waals surface area contributed by atoms with E-state index in [1.54, 1.807) is 36.4 Å². The second kappa shape index (κ2) is 12.9. The summed E-state index contributed by atoms with van der Waals surface area (Å²) in [5.74, 6) is -0.576. The van der Waals surface area contributed by atoms with Crippen LogP contribution in [0.1, 0.15) is 88.3 Å². The molecule has 2 N–H and O–H groups in total. The lowest BCUT2D eigenvalue weighted by Gasteiger charge is -2.33. The molecule has 0 spiro atoms. The second-order valence-electron chi connectivity index (χ2n) is 11.2. The first-order valence-corrected chi connectivity index (χ1v) is 15.7. The molecule has 2 aliphatic rings. The molecule has 0 heterocycles. The molecule has 0 amide bonds. The maximum absolute atomic E-state index is 13.8. The van der Waals surface area contributed by atoms with Gasteiger partial charge in [0.2, 0.25) is 0 Å². The molecule has 4 rings (SSSR count). The maximum Gasteiger partial charge on any atom is 0.473 e. The highest BCUT2D eigenvalue weighted by molar-refractivity contribution is 7.47. The molecule has 1 saturated carbocycles. The summed E-state index contributed by atoms with van der Waals surface area (Å²) in [7, 11) is -4.60. The number of benzene rings is 2. The van der Waals surface area contributed by atoms with Crippen molar-refractivity contribution in [3.05, 3.63) is 83.0 Å². The van der Waals surface area contributed by atoms with E-state index >= 15 is 0 Å². The third-order valence-corrected chi connectivity index (χ3v) is 8.98. The van der Waals surface area contributed by atoms with Gasteiger partial charge in [-0.2, -0.15) is 0 Å². The van der Waals surface area contributed by atoms with Gasteiger partial charge < -0.3 is 14.7 Å². The van der Waals surface area contributed by atoms with E-state index in [2.05, 4.69) is 19.6 Å². The van der Waals surface area contributed by atoms with Crippen molar-refractivity contribution in [2.75, 3.05) is 0 Å². The second-order valence-corrected chi connectivity index (χ2v) is 12.6. The molecule has 3 atom stereocenters. The van der Waals surface area contributed by atoms with Crippen LogP contribution in [-0.4, -0.2) is 21.6 Å². The summed E-state index contributed by atoms with van der Waals surface area (Å²) in [4.78, 5) is 24.4. The first-order valence-electron chi connectivity index (χ1n) is 14.2. The van der Waals surface area contributed by atoms with E-state index in [0.29, 0.717) is 30.4 Å². The average molecular weight is 569 g/mol. The number of rotatable bonds is 11. The Kier molecular flexibility index (Phi) is 9.73. The molecule has 2 aromatic carbocycles. The Balaban J connectivity index is 1.65. The summed E-state index contributed by atoms with van der Waals surface area (Å²) in [6.07, 6.45) is 7.24. The molecule has 0 radical (unpaired) electrons. The number of carbonyl (C=O) groups excluding carboxylic acids is 1. The van der Waals surface area contributed by atoms with E-state index in [1.807, 2.05) is 19.9 Å². The Hall–Kier alpha value is -2.70. The number of phosphoric acid groups is 1. The van der Waals surface area contributed by atoms with Gasteiger partial charge in [0.05, 0.1) is 6.61 Å².